The van der Waals surface area contributed by atoms with Crippen molar-refractivity contribution < 1.29 is 13.7 Å². The van der Waals surface area contributed by atoms with E-state index in [0.29, 0.717) is 30.2 Å². The number of aromatic nitrogens is 2. The molecule has 2 heterocycles. The first kappa shape index (κ1) is 17.4. The van der Waals surface area contributed by atoms with E-state index in [9.17, 15) is 9.18 Å². The first-order valence-electron chi connectivity index (χ1n) is 8.93. The molecule has 1 unspecified atom stereocenters. The fourth-order valence-electron chi connectivity index (χ4n) is 3.50. The first-order chi connectivity index (χ1) is 13.0. The van der Waals surface area contributed by atoms with Crippen molar-refractivity contribution in [3.63, 3.8) is 0 Å². The number of hydrogen-bond acceptors (Lipinski definition) is 4. The van der Waals surface area contributed by atoms with Gasteiger partial charge in [0, 0.05) is 30.6 Å². The van der Waals surface area contributed by atoms with Crippen LogP contribution in [0.25, 0.3) is 11.4 Å². The molecule has 0 spiro atoms. The monoisotopic (exact) mass is 365 g/mol. The third-order valence-electron chi connectivity index (χ3n) is 4.95. The average Bonchev–Trinajstić information content (AvgIpc) is 3.24. The second-order valence-electron chi connectivity index (χ2n) is 7.04. The van der Waals surface area contributed by atoms with E-state index in [0.717, 1.165) is 11.1 Å². The Labute approximate surface area is 156 Å². The van der Waals surface area contributed by atoms with Gasteiger partial charge in [-0.25, -0.2) is 4.39 Å². The summed E-state index contributed by atoms with van der Waals surface area (Å²) in [5.41, 5.74) is 3.67. The molecule has 6 heteroatoms. The summed E-state index contributed by atoms with van der Waals surface area (Å²) in [6.07, 6.45) is 0.295. The van der Waals surface area contributed by atoms with Crippen LogP contribution in [0.1, 0.15) is 34.9 Å². The maximum atomic E-state index is 13.9. The average molecular weight is 365 g/mol. The molecular formula is C21H20FN3O2. The van der Waals surface area contributed by atoms with Crippen LogP contribution in [0.2, 0.25) is 0 Å². The van der Waals surface area contributed by atoms with Crippen LogP contribution in [-0.4, -0.2) is 27.5 Å². The molecule has 27 heavy (non-hydrogen) atoms. The number of carbonyl (C=O) groups is 1. The van der Waals surface area contributed by atoms with Gasteiger partial charge in [0.15, 0.2) is 0 Å². The van der Waals surface area contributed by atoms with Crippen LogP contribution in [0.4, 0.5) is 4.39 Å². The number of carbonyl (C=O) groups excluding carboxylic acids is 1. The second kappa shape index (κ2) is 6.95. The molecule has 2 aromatic carbocycles. The number of likely N-dealkylation sites (tertiary alicyclic amines) is 1. The highest BCUT2D eigenvalue weighted by Crippen LogP contribution is 2.30. The number of hydrogen-bond donors (Lipinski definition) is 0. The summed E-state index contributed by atoms with van der Waals surface area (Å²) in [4.78, 5) is 18.5. The summed E-state index contributed by atoms with van der Waals surface area (Å²) in [6.45, 7) is 4.74. The van der Waals surface area contributed by atoms with Gasteiger partial charge in [-0.3, -0.25) is 4.79 Å². The van der Waals surface area contributed by atoms with E-state index >= 15 is 0 Å². The van der Waals surface area contributed by atoms with Crippen LogP contribution in [0.15, 0.2) is 47.0 Å². The van der Waals surface area contributed by atoms with Crippen LogP contribution in [-0.2, 0) is 11.3 Å². The largest absolute Gasteiger partial charge is 0.339 e. The number of amides is 1. The molecular weight excluding hydrogens is 345 g/mol. The minimum absolute atomic E-state index is 0.0329. The van der Waals surface area contributed by atoms with E-state index < -0.39 is 0 Å². The minimum atomic E-state index is -0.302. The Kier molecular flexibility index (Phi) is 4.48. The molecule has 0 radical (unpaired) electrons. The number of rotatable bonds is 4. The van der Waals surface area contributed by atoms with Gasteiger partial charge in [0.1, 0.15) is 5.82 Å². The lowest BCUT2D eigenvalue weighted by molar-refractivity contribution is -0.128. The molecule has 4 rings (SSSR count). The lowest BCUT2D eigenvalue weighted by Crippen LogP contribution is -2.24. The summed E-state index contributed by atoms with van der Waals surface area (Å²) in [5, 5.41) is 4.09. The Morgan fingerprint density at radius 1 is 1.22 bits per heavy atom. The van der Waals surface area contributed by atoms with Gasteiger partial charge in [-0.15, -0.1) is 0 Å². The van der Waals surface area contributed by atoms with Gasteiger partial charge >= 0.3 is 0 Å². The van der Waals surface area contributed by atoms with Crippen LogP contribution in [0.3, 0.4) is 0 Å². The summed E-state index contributed by atoms with van der Waals surface area (Å²) >= 11 is 0. The van der Waals surface area contributed by atoms with Crippen molar-refractivity contribution in [2.45, 2.75) is 32.7 Å². The minimum Gasteiger partial charge on any atom is -0.339 e. The lowest BCUT2D eigenvalue weighted by Gasteiger charge is -2.16. The molecule has 138 valence electrons. The summed E-state index contributed by atoms with van der Waals surface area (Å²) < 4.78 is 19.3. The standard InChI is InChI=1S/C21H20FN3O2/c1-13-7-8-17(14(2)9-13)20-23-21(27-24-20)16-10-19(26)25(12-16)11-15-5-3-4-6-18(15)22/h3-9,16H,10-12H2,1-2H3. The van der Waals surface area contributed by atoms with Crippen molar-refractivity contribution in [1.82, 2.24) is 15.0 Å². The summed E-state index contributed by atoms with van der Waals surface area (Å²) in [6, 6.07) is 12.6. The van der Waals surface area contributed by atoms with E-state index in [-0.39, 0.29) is 24.2 Å². The van der Waals surface area contributed by atoms with E-state index in [1.807, 2.05) is 26.0 Å². The third kappa shape index (κ3) is 3.47. The maximum absolute atomic E-state index is 13.9. The van der Waals surface area contributed by atoms with Crippen molar-refractivity contribution in [1.29, 1.82) is 0 Å². The molecule has 0 aliphatic carbocycles. The van der Waals surface area contributed by atoms with Crippen molar-refractivity contribution in [3.05, 3.63) is 70.9 Å². The van der Waals surface area contributed by atoms with Gasteiger partial charge in [0.05, 0.1) is 5.92 Å². The molecule has 1 fully saturated rings. The molecule has 3 aromatic rings. The second-order valence-corrected chi connectivity index (χ2v) is 7.04. The topological polar surface area (TPSA) is 59.2 Å². The number of benzene rings is 2. The lowest BCUT2D eigenvalue weighted by atomic mass is 10.1. The maximum Gasteiger partial charge on any atom is 0.232 e. The Bertz CT molecular complexity index is 999. The SMILES string of the molecule is Cc1ccc(-c2noc(C3CC(=O)N(Cc4ccccc4F)C3)n2)c(C)c1. The molecule has 0 saturated carbocycles. The zero-order valence-electron chi connectivity index (χ0n) is 15.3. The Balaban J connectivity index is 1.51. The van der Waals surface area contributed by atoms with Gasteiger partial charge in [-0.05, 0) is 25.5 Å². The number of nitrogens with zero attached hydrogens (tertiary/aromatic N) is 3. The van der Waals surface area contributed by atoms with E-state index in [1.165, 1.54) is 11.6 Å². The molecule has 1 aliphatic rings. The van der Waals surface area contributed by atoms with Crippen molar-refractivity contribution >= 4 is 5.91 Å². The van der Waals surface area contributed by atoms with Crippen LogP contribution < -0.4 is 0 Å². The zero-order valence-corrected chi connectivity index (χ0v) is 15.3. The molecule has 1 amide bonds. The third-order valence-corrected chi connectivity index (χ3v) is 4.95. The van der Waals surface area contributed by atoms with Gasteiger partial charge in [-0.2, -0.15) is 4.98 Å². The van der Waals surface area contributed by atoms with Crippen LogP contribution in [0, 0.1) is 19.7 Å². The summed E-state index contributed by atoms with van der Waals surface area (Å²) in [5.74, 6) is 0.478. The Hall–Kier alpha value is -3.02. The molecule has 5 nitrogen and oxygen atoms in total. The fourth-order valence-corrected chi connectivity index (χ4v) is 3.50. The van der Waals surface area contributed by atoms with E-state index in [4.69, 9.17) is 4.52 Å². The van der Waals surface area contributed by atoms with Crippen LogP contribution >= 0.6 is 0 Å². The molecule has 1 aliphatic heterocycles. The molecule has 0 bridgehead atoms. The molecule has 1 saturated heterocycles. The smallest absolute Gasteiger partial charge is 0.232 e. The number of aryl methyl sites for hydroxylation is 2. The fraction of sp³-hybridized carbons (Fsp3) is 0.286. The van der Waals surface area contributed by atoms with Crippen molar-refractivity contribution in [2.24, 2.45) is 0 Å². The quantitative estimate of drug-likeness (QED) is 0.701. The molecule has 1 atom stereocenters. The van der Waals surface area contributed by atoms with Gasteiger partial charge in [-0.1, -0.05) is 47.1 Å². The summed E-state index contributed by atoms with van der Waals surface area (Å²) in [7, 11) is 0. The first-order valence-corrected chi connectivity index (χ1v) is 8.93. The highest BCUT2D eigenvalue weighted by molar-refractivity contribution is 5.79. The predicted octanol–water partition coefficient (Wildman–Crippen LogP) is 4.01. The highest BCUT2D eigenvalue weighted by Gasteiger charge is 2.34. The molecule has 1 aromatic heterocycles. The zero-order chi connectivity index (χ0) is 19.0. The van der Waals surface area contributed by atoms with Crippen molar-refractivity contribution in [3.8, 4) is 11.4 Å². The predicted molar refractivity (Wildman–Crippen MR) is 98.4 cm³/mol. The molecule has 0 N–H and O–H groups in total. The number of halogens is 1. The Morgan fingerprint density at radius 2 is 2.04 bits per heavy atom. The van der Waals surface area contributed by atoms with Crippen molar-refractivity contribution in [2.75, 3.05) is 6.54 Å². The van der Waals surface area contributed by atoms with Crippen LogP contribution in [0.5, 0.6) is 0 Å². The van der Waals surface area contributed by atoms with Gasteiger partial charge < -0.3 is 9.42 Å². The highest BCUT2D eigenvalue weighted by atomic mass is 19.1. The van der Waals surface area contributed by atoms with Gasteiger partial charge in [0.25, 0.3) is 0 Å². The van der Waals surface area contributed by atoms with E-state index in [1.54, 1.807) is 23.1 Å². The Morgan fingerprint density at radius 3 is 2.81 bits per heavy atom. The van der Waals surface area contributed by atoms with Gasteiger partial charge in [0.2, 0.25) is 17.6 Å². The normalized spacial score (nSPS) is 16.9. The van der Waals surface area contributed by atoms with E-state index in [2.05, 4.69) is 16.2 Å².